The molecule has 6 heteroatoms. The Morgan fingerprint density at radius 3 is 3.10 bits per heavy atom. The topological polar surface area (TPSA) is 62.7 Å². The number of para-hydroxylation sites is 1. The predicted octanol–water partition coefficient (Wildman–Crippen LogP) is 2.55. The maximum absolute atomic E-state index is 11.2. The molecule has 1 aromatic heterocycles. The van der Waals surface area contributed by atoms with Gasteiger partial charge in [0.05, 0.1) is 30.0 Å². The lowest BCUT2D eigenvalue weighted by Crippen LogP contribution is -2.32. The zero-order valence-electron chi connectivity index (χ0n) is 11.0. The number of thiazole rings is 1. The summed E-state index contributed by atoms with van der Waals surface area (Å²) in [7, 11) is 0. The number of hydrogen-bond acceptors (Lipinski definition) is 5. The van der Waals surface area contributed by atoms with Gasteiger partial charge in [0.1, 0.15) is 12.2 Å². The van der Waals surface area contributed by atoms with Crippen LogP contribution in [0.1, 0.15) is 20.9 Å². The largest absolute Gasteiger partial charge is 0.489 e. The Morgan fingerprint density at radius 1 is 1.55 bits per heavy atom. The number of anilines is 1. The second-order valence-electron chi connectivity index (χ2n) is 4.59. The number of hydrogen-bond donors (Lipinski definition) is 1. The van der Waals surface area contributed by atoms with E-state index in [0.717, 1.165) is 24.5 Å². The number of benzene rings is 1. The van der Waals surface area contributed by atoms with Crippen molar-refractivity contribution in [3.63, 3.8) is 0 Å². The summed E-state index contributed by atoms with van der Waals surface area (Å²) in [6, 6.07) is 5.23. The van der Waals surface area contributed by atoms with E-state index in [2.05, 4.69) is 9.88 Å². The number of carboxylic acid groups (broad SMARTS) is 1. The summed E-state index contributed by atoms with van der Waals surface area (Å²) in [5, 5.41) is 9.22. The normalized spacial score (nSPS) is 13.8. The van der Waals surface area contributed by atoms with E-state index in [1.54, 1.807) is 23.5 Å². The molecule has 0 atom stereocenters. The number of rotatable bonds is 3. The standard InChI is InChI=1S/C14H14N2O3S/c1-9-12(20-8-15-9)7-16-5-6-19-13-10(14(17)18)3-2-4-11(13)16/h2-4,8H,5-7H2,1H3,(H,17,18). The summed E-state index contributed by atoms with van der Waals surface area (Å²) in [5.41, 5.74) is 3.91. The molecule has 0 radical (unpaired) electrons. The van der Waals surface area contributed by atoms with E-state index in [-0.39, 0.29) is 5.56 Å². The van der Waals surface area contributed by atoms with Gasteiger partial charge in [0, 0.05) is 4.88 Å². The number of nitrogens with zero attached hydrogens (tertiary/aromatic N) is 2. The lowest BCUT2D eigenvalue weighted by Gasteiger charge is -2.31. The van der Waals surface area contributed by atoms with E-state index >= 15 is 0 Å². The highest BCUT2D eigenvalue weighted by Gasteiger charge is 2.24. The van der Waals surface area contributed by atoms with Crippen LogP contribution >= 0.6 is 11.3 Å². The van der Waals surface area contributed by atoms with Crippen LogP contribution in [0.2, 0.25) is 0 Å². The molecule has 0 spiro atoms. The van der Waals surface area contributed by atoms with Crippen molar-refractivity contribution in [3.05, 3.63) is 39.8 Å². The number of aromatic carboxylic acids is 1. The van der Waals surface area contributed by atoms with Crippen molar-refractivity contribution in [3.8, 4) is 5.75 Å². The molecular weight excluding hydrogens is 276 g/mol. The van der Waals surface area contributed by atoms with Crippen LogP contribution in [0, 0.1) is 6.92 Å². The van der Waals surface area contributed by atoms with Gasteiger partial charge < -0.3 is 14.7 Å². The van der Waals surface area contributed by atoms with E-state index in [4.69, 9.17) is 4.74 Å². The second-order valence-corrected chi connectivity index (χ2v) is 5.53. The Labute approximate surface area is 120 Å². The Hall–Kier alpha value is -2.08. The van der Waals surface area contributed by atoms with Crippen LogP contribution in [0.4, 0.5) is 5.69 Å². The summed E-state index contributed by atoms with van der Waals surface area (Å²) >= 11 is 1.62. The Bertz CT molecular complexity index is 654. The fourth-order valence-corrected chi connectivity index (χ4v) is 3.08. The second kappa shape index (κ2) is 5.13. The van der Waals surface area contributed by atoms with E-state index in [0.29, 0.717) is 12.4 Å². The fraction of sp³-hybridized carbons (Fsp3) is 0.286. The first kappa shape index (κ1) is 12.9. The first-order valence-corrected chi connectivity index (χ1v) is 7.18. The molecule has 2 heterocycles. The van der Waals surface area contributed by atoms with Crippen molar-refractivity contribution in [2.75, 3.05) is 18.1 Å². The first-order chi connectivity index (χ1) is 9.66. The number of ether oxygens (including phenoxy) is 1. The average Bonchev–Trinajstić information content (AvgIpc) is 2.84. The van der Waals surface area contributed by atoms with E-state index in [1.165, 1.54) is 4.88 Å². The molecule has 2 aromatic rings. The molecule has 1 aliphatic rings. The third kappa shape index (κ3) is 2.22. The number of fused-ring (bicyclic) bond motifs is 1. The number of carbonyl (C=O) groups is 1. The van der Waals surface area contributed by atoms with Gasteiger partial charge in [-0.1, -0.05) is 6.07 Å². The number of carboxylic acids is 1. The minimum Gasteiger partial charge on any atom is -0.489 e. The Balaban J connectivity index is 1.96. The van der Waals surface area contributed by atoms with Crippen molar-refractivity contribution in [1.82, 2.24) is 4.98 Å². The van der Waals surface area contributed by atoms with Crippen molar-refractivity contribution >= 4 is 23.0 Å². The summed E-state index contributed by atoms with van der Waals surface area (Å²) in [6.07, 6.45) is 0. The van der Waals surface area contributed by atoms with E-state index < -0.39 is 5.97 Å². The summed E-state index contributed by atoms with van der Waals surface area (Å²) in [5.74, 6) is -0.494. The monoisotopic (exact) mass is 290 g/mol. The van der Waals surface area contributed by atoms with Gasteiger partial charge in [0.2, 0.25) is 0 Å². The van der Waals surface area contributed by atoms with E-state index in [9.17, 15) is 9.90 Å². The molecule has 3 rings (SSSR count). The summed E-state index contributed by atoms with van der Waals surface area (Å²) in [4.78, 5) is 18.8. The number of aromatic nitrogens is 1. The van der Waals surface area contributed by atoms with Crippen molar-refractivity contribution < 1.29 is 14.6 Å². The third-order valence-electron chi connectivity index (χ3n) is 3.35. The van der Waals surface area contributed by atoms with Gasteiger partial charge in [-0.25, -0.2) is 9.78 Å². The maximum atomic E-state index is 11.2. The molecule has 1 aromatic carbocycles. The molecule has 104 valence electrons. The molecule has 0 amide bonds. The van der Waals surface area contributed by atoms with Crippen molar-refractivity contribution in [2.45, 2.75) is 13.5 Å². The zero-order chi connectivity index (χ0) is 14.1. The molecular formula is C14H14N2O3S. The minimum absolute atomic E-state index is 0.216. The Kier molecular flexibility index (Phi) is 3.31. The highest BCUT2D eigenvalue weighted by atomic mass is 32.1. The van der Waals surface area contributed by atoms with Crippen LogP contribution in [0.25, 0.3) is 0 Å². The zero-order valence-corrected chi connectivity index (χ0v) is 11.8. The molecule has 0 saturated heterocycles. The molecule has 0 bridgehead atoms. The molecule has 20 heavy (non-hydrogen) atoms. The van der Waals surface area contributed by atoms with Gasteiger partial charge in [-0.2, -0.15) is 0 Å². The predicted molar refractivity (Wildman–Crippen MR) is 76.8 cm³/mol. The highest BCUT2D eigenvalue weighted by molar-refractivity contribution is 7.09. The molecule has 1 aliphatic heterocycles. The van der Waals surface area contributed by atoms with Gasteiger partial charge in [0.15, 0.2) is 5.75 Å². The van der Waals surface area contributed by atoms with Gasteiger partial charge in [-0.3, -0.25) is 0 Å². The van der Waals surface area contributed by atoms with Crippen LogP contribution in [0.3, 0.4) is 0 Å². The SMILES string of the molecule is Cc1ncsc1CN1CCOc2c(C(=O)O)cccc21. The van der Waals surface area contributed by atoms with Crippen LogP contribution in [0.5, 0.6) is 5.75 Å². The highest BCUT2D eigenvalue weighted by Crippen LogP contribution is 2.36. The first-order valence-electron chi connectivity index (χ1n) is 6.30. The summed E-state index contributed by atoms with van der Waals surface area (Å²) < 4.78 is 5.56. The average molecular weight is 290 g/mol. The smallest absolute Gasteiger partial charge is 0.339 e. The molecule has 1 N–H and O–H groups in total. The molecule has 0 fully saturated rings. The molecule has 5 nitrogen and oxygen atoms in total. The van der Waals surface area contributed by atoms with Crippen molar-refractivity contribution in [2.24, 2.45) is 0 Å². The van der Waals surface area contributed by atoms with Crippen LogP contribution in [0.15, 0.2) is 23.7 Å². The molecule has 0 saturated carbocycles. The molecule has 0 unspecified atom stereocenters. The number of aryl methyl sites for hydroxylation is 1. The van der Waals surface area contributed by atoms with Gasteiger partial charge in [-0.15, -0.1) is 11.3 Å². The van der Waals surface area contributed by atoms with Crippen LogP contribution in [-0.4, -0.2) is 29.2 Å². The van der Waals surface area contributed by atoms with Crippen molar-refractivity contribution in [1.29, 1.82) is 0 Å². The van der Waals surface area contributed by atoms with Gasteiger partial charge >= 0.3 is 5.97 Å². The minimum atomic E-state index is -0.960. The van der Waals surface area contributed by atoms with Gasteiger partial charge in [-0.05, 0) is 19.1 Å². The fourth-order valence-electron chi connectivity index (χ4n) is 2.29. The third-order valence-corrected chi connectivity index (χ3v) is 4.27. The summed E-state index contributed by atoms with van der Waals surface area (Å²) in [6.45, 7) is 3.96. The maximum Gasteiger partial charge on any atom is 0.339 e. The Morgan fingerprint density at radius 2 is 2.40 bits per heavy atom. The van der Waals surface area contributed by atoms with Crippen LogP contribution in [-0.2, 0) is 6.54 Å². The quantitative estimate of drug-likeness (QED) is 0.941. The van der Waals surface area contributed by atoms with Gasteiger partial charge in [0.25, 0.3) is 0 Å². The van der Waals surface area contributed by atoms with E-state index in [1.807, 2.05) is 18.5 Å². The van der Waals surface area contributed by atoms with Crippen LogP contribution < -0.4 is 9.64 Å². The lowest BCUT2D eigenvalue weighted by molar-refractivity contribution is 0.0692. The molecule has 0 aliphatic carbocycles. The lowest BCUT2D eigenvalue weighted by atomic mass is 10.1.